The van der Waals surface area contributed by atoms with Gasteiger partial charge in [0.05, 0.1) is 0 Å². The van der Waals surface area contributed by atoms with Crippen LogP contribution in [0, 0.1) is 19.8 Å². The van der Waals surface area contributed by atoms with Crippen LogP contribution >= 0.6 is 0 Å². The Balaban J connectivity index is 1.91. The van der Waals surface area contributed by atoms with Crippen molar-refractivity contribution in [2.75, 3.05) is 25.5 Å². The highest BCUT2D eigenvalue weighted by atomic mass is 16.1. The molecule has 0 aliphatic carbocycles. The molecule has 0 radical (unpaired) electrons. The summed E-state index contributed by atoms with van der Waals surface area (Å²) < 4.78 is 0. The van der Waals surface area contributed by atoms with E-state index in [2.05, 4.69) is 17.3 Å². The van der Waals surface area contributed by atoms with Gasteiger partial charge in [-0.1, -0.05) is 18.2 Å². The number of anilines is 1. The molecule has 1 N–H and O–H groups in total. The number of nitrogens with zero attached hydrogens (tertiary/aromatic N) is 1. The van der Waals surface area contributed by atoms with E-state index in [1.165, 1.54) is 0 Å². The number of aryl methyl sites for hydroxylation is 2. The van der Waals surface area contributed by atoms with Crippen LogP contribution in [0.15, 0.2) is 18.2 Å². The molecule has 1 aromatic rings. The first-order valence-electron chi connectivity index (χ1n) is 7.11. The molecule has 0 unspecified atom stereocenters. The van der Waals surface area contributed by atoms with Crippen molar-refractivity contribution in [1.82, 2.24) is 4.90 Å². The Hall–Kier alpha value is -1.35. The Morgan fingerprint density at radius 3 is 2.42 bits per heavy atom. The number of hydrogen-bond acceptors (Lipinski definition) is 2. The fourth-order valence-corrected chi connectivity index (χ4v) is 2.73. The first-order valence-corrected chi connectivity index (χ1v) is 7.11. The van der Waals surface area contributed by atoms with Crippen LogP contribution in [0.5, 0.6) is 0 Å². The predicted octanol–water partition coefficient (Wildman–Crippen LogP) is 2.97. The summed E-state index contributed by atoms with van der Waals surface area (Å²) in [6.45, 7) is 6.30. The van der Waals surface area contributed by atoms with Crippen molar-refractivity contribution in [2.45, 2.75) is 33.1 Å². The van der Waals surface area contributed by atoms with E-state index < -0.39 is 0 Å². The predicted molar refractivity (Wildman–Crippen MR) is 79.4 cm³/mol. The van der Waals surface area contributed by atoms with E-state index in [1.807, 2.05) is 32.0 Å². The molecule has 1 aromatic carbocycles. The maximum absolute atomic E-state index is 12.1. The molecule has 0 bridgehead atoms. The zero-order valence-corrected chi connectivity index (χ0v) is 12.2. The fourth-order valence-electron chi connectivity index (χ4n) is 2.73. The van der Waals surface area contributed by atoms with Gasteiger partial charge in [0.1, 0.15) is 0 Å². The number of piperidine rings is 1. The third-order valence-electron chi connectivity index (χ3n) is 4.06. The molecule has 1 fully saturated rings. The number of rotatable bonds is 3. The highest BCUT2D eigenvalue weighted by molar-refractivity contribution is 5.92. The highest BCUT2D eigenvalue weighted by Gasteiger charge is 2.19. The van der Waals surface area contributed by atoms with Gasteiger partial charge in [0.2, 0.25) is 5.91 Å². The molecule has 2 rings (SSSR count). The van der Waals surface area contributed by atoms with Crippen LogP contribution < -0.4 is 5.32 Å². The lowest BCUT2D eigenvalue weighted by atomic mass is 9.93. The first-order chi connectivity index (χ1) is 9.06. The summed E-state index contributed by atoms with van der Waals surface area (Å²) in [7, 11) is 2.15. The van der Waals surface area contributed by atoms with Crippen LogP contribution in [0.3, 0.4) is 0 Å². The normalized spacial score (nSPS) is 17.4. The Bertz CT molecular complexity index is 428. The van der Waals surface area contributed by atoms with Gasteiger partial charge in [-0.15, -0.1) is 0 Å². The highest BCUT2D eigenvalue weighted by Crippen LogP contribution is 2.23. The Labute approximate surface area is 116 Å². The molecule has 3 heteroatoms. The Kier molecular flexibility index (Phi) is 4.59. The van der Waals surface area contributed by atoms with Gasteiger partial charge in [0.25, 0.3) is 0 Å². The van der Waals surface area contributed by atoms with Gasteiger partial charge in [-0.2, -0.15) is 0 Å². The monoisotopic (exact) mass is 260 g/mol. The van der Waals surface area contributed by atoms with Gasteiger partial charge in [-0.25, -0.2) is 0 Å². The van der Waals surface area contributed by atoms with Gasteiger partial charge in [-0.05, 0) is 63.9 Å². The van der Waals surface area contributed by atoms with E-state index in [0.717, 1.165) is 42.7 Å². The molecule has 1 saturated heterocycles. The molecule has 104 valence electrons. The number of amides is 1. The topological polar surface area (TPSA) is 32.3 Å². The van der Waals surface area contributed by atoms with Crippen LogP contribution in [-0.2, 0) is 4.79 Å². The molecular weight excluding hydrogens is 236 g/mol. The summed E-state index contributed by atoms with van der Waals surface area (Å²) in [4.78, 5) is 14.5. The zero-order chi connectivity index (χ0) is 13.8. The lowest BCUT2D eigenvalue weighted by Crippen LogP contribution is -2.32. The van der Waals surface area contributed by atoms with Crippen molar-refractivity contribution in [3.8, 4) is 0 Å². The summed E-state index contributed by atoms with van der Waals surface area (Å²) in [5.74, 6) is 0.701. The molecule has 0 spiro atoms. The maximum Gasteiger partial charge on any atom is 0.224 e. The van der Waals surface area contributed by atoms with E-state index in [0.29, 0.717) is 12.3 Å². The summed E-state index contributed by atoms with van der Waals surface area (Å²) in [6.07, 6.45) is 2.93. The summed E-state index contributed by atoms with van der Waals surface area (Å²) in [5.41, 5.74) is 3.26. The number of benzene rings is 1. The van der Waals surface area contributed by atoms with Crippen molar-refractivity contribution in [1.29, 1.82) is 0 Å². The van der Waals surface area contributed by atoms with Crippen LogP contribution in [0.4, 0.5) is 5.69 Å². The second-order valence-corrected chi connectivity index (χ2v) is 5.77. The van der Waals surface area contributed by atoms with E-state index in [4.69, 9.17) is 0 Å². The van der Waals surface area contributed by atoms with Crippen LogP contribution in [-0.4, -0.2) is 30.9 Å². The number of carbonyl (C=O) groups excluding carboxylic acids is 1. The molecule has 1 aliphatic heterocycles. The first kappa shape index (κ1) is 14.1. The van der Waals surface area contributed by atoms with E-state index in [9.17, 15) is 4.79 Å². The minimum Gasteiger partial charge on any atom is -0.326 e. The van der Waals surface area contributed by atoms with E-state index in [-0.39, 0.29) is 5.91 Å². The fraction of sp³-hybridized carbons (Fsp3) is 0.562. The summed E-state index contributed by atoms with van der Waals surface area (Å²) in [5, 5.41) is 3.08. The van der Waals surface area contributed by atoms with E-state index >= 15 is 0 Å². The van der Waals surface area contributed by atoms with Crippen LogP contribution in [0.25, 0.3) is 0 Å². The molecule has 1 amide bonds. The second kappa shape index (κ2) is 6.20. The standard InChI is InChI=1S/C16H24N2O/c1-12-5-4-6-13(2)16(12)17-15(19)11-14-7-9-18(3)10-8-14/h4-6,14H,7-11H2,1-3H3,(H,17,19). The Morgan fingerprint density at radius 2 is 1.84 bits per heavy atom. The van der Waals surface area contributed by atoms with Gasteiger partial charge >= 0.3 is 0 Å². The van der Waals surface area contributed by atoms with Crippen molar-refractivity contribution in [2.24, 2.45) is 5.92 Å². The molecule has 19 heavy (non-hydrogen) atoms. The lowest BCUT2D eigenvalue weighted by Gasteiger charge is -2.28. The summed E-state index contributed by atoms with van der Waals surface area (Å²) >= 11 is 0. The number of likely N-dealkylation sites (tertiary alicyclic amines) is 1. The smallest absolute Gasteiger partial charge is 0.224 e. The van der Waals surface area contributed by atoms with Gasteiger partial charge < -0.3 is 10.2 Å². The molecule has 1 aliphatic rings. The van der Waals surface area contributed by atoms with Crippen molar-refractivity contribution in [3.63, 3.8) is 0 Å². The second-order valence-electron chi connectivity index (χ2n) is 5.77. The number of para-hydroxylation sites is 1. The molecule has 0 saturated carbocycles. The van der Waals surface area contributed by atoms with Crippen LogP contribution in [0.1, 0.15) is 30.4 Å². The maximum atomic E-state index is 12.1. The summed E-state index contributed by atoms with van der Waals surface area (Å²) in [6, 6.07) is 6.10. The average Bonchev–Trinajstić information content (AvgIpc) is 2.37. The molecular formula is C16H24N2O. The molecule has 1 heterocycles. The van der Waals surface area contributed by atoms with Gasteiger partial charge in [-0.3, -0.25) is 4.79 Å². The van der Waals surface area contributed by atoms with Crippen molar-refractivity contribution >= 4 is 11.6 Å². The quantitative estimate of drug-likeness (QED) is 0.906. The third kappa shape index (κ3) is 3.80. The lowest BCUT2D eigenvalue weighted by molar-refractivity contribution is -0.117. The number of carbonyl (C=O) groups is 1. The SMILES string of the molecule is Cc1cccc(C)c1NC(=O)CC1CCN(C)CC1. The number of hydrogen-bond donors (Lipinski definition) is 1. The van der Waals surface area contributed by atoms with Crippen LogP contribution in [0.2, 0.25) is 0 Å². The molecule has 0 aromatic heterocycles. The third-order valence-corrected chi connectivity index (χ3v) is 4.06. The zero-order valence-electron chi connectivity index (χ0n) is 12.2. The van der Waals surface area contributed by atoms with E-state index in [1.54, 1.807) is 0 Å². The van der Waals surface area contributed by atoms with Crippen molar-refractivity contribution in [3.05, 3.63) is 29.3 Å². The van der Waals surface area contributed by atoms with Gasteiger partial charge in [0.15, 0.2) is 0 Å². The Morgan fingerprint density at radius 1 is 1.26 bits per heavy atom. The van der Waals surface area contributed by atoms with Gasteiger partial charge in [0, 0.05) is 12.1 Å². The molecule has 3 nitrogen and oxygen atoms in total. The number of nitrogens with one attached hydrogen (secondary N) is 1. The minimum absolute atomic E-state index is 0.159. The largest absolute Gasteiger partial charge is 0.326 e. The molecule has 0 atom stereocenters. The minimum atomic E-state index is 0.159. The van der Waals surface area contributed by atoms with Crippen molar-refractivity contribution < 1.29 is 4.79 Å². The average molecular weight is 260 g/mol.